The van der Waals surface area contributed by atoms with Gasteiger partial charge in [0.05, 0.1) is 24.5 Å². The number of benzene rings is 1. The van der Waals surface area contributed by atoms with Crippen molar-refractivity contribution in [3.05, 3.63) is 65.0 Å². The standard InChI is InChI=1S/C29H33F3N6S/c1-3-24-27(35(2)28-34-25(17-39-28)21-4-7-23(30)8-5-21)38-16-22(6-9-26(38)33-24)20-10-12-36(13-11-20)14-15-37-18-29(31,32)19-37/h4-9,16-17,20H,3,10-15,18-19H2,1-2H3. The number of nitrogens with zero attached hydrogens (tertiary/aromatic N) is 6. The van der Waals surface area contributed by atoms with Crippen molar-refractivity contribution in [2.24, 2.45) is 0 Å². The molecule has 0 aliphatic carbocycles. The van der Waals surface area contributed by atoms with Gasteiger partial charge in [-0.25, -0.2) is 23.1 Å². The smallest absolute Gasteiger partial charge is 0.272 e. The summed E-state index contributed by atoms with van der Waals surface area (Å²) in [5, 5.41) is 2.85. The number of likely N-dealkylation sites (tertiary alicyclic amines) is 2. The second kappa shape index (κ2) is 10.6. The van der Waals surface area contributed by atoms with E-state index >= 15 is 0 Å². The zero-order valence-electron chi connectivity index (χ0n) is 22.3. The summed E-state index contributed by atoms with van der Waals surface area (Å²) in [5.41, 5.74) is 4.93. The second-order valence-electron chi connectivity index (χ2n) is 10.7. The first-order chi connectivity index (χ1) is 18.8. The lowest BCUT2D eigenvalue weighted by Crippen LogP contribution is -2.57. The number of halogens is 3. The Kier molecular flexibility index (Phi) is 7.11. The third kappa shape index (κ3) is 5.42. The molecule has 0 bridgehead atoms. The number of hydrogen-bond acceptors (Lipinski definition) is 6. The summed E-state index contributed by atoms with van der Waals surface area (Å²) >= 11 is 1.56. The molecule has 4 aromatic rings. The Morgan fingerprint density at radius 2 is 1.72 bits per heavy atom. The topological polar surface area (TPSA) is 39.9 Å². The number of piperidine rings is 1. The van der Waals surface area contributed by atoms with Crippen LogP contribution in [0.5, 0.6) is 0 Å². The van der Waals surface area contributed by atoms with Gasteiger partial charge in [0, 0.05) is 37.3 Å². The molecule has 0 saturated carbocycles. The molecule has 0 spiro atoms. The van der Waals surface area contributed by atoms with Gasteiger partial charge in [-0.3, -0.25) is 9.30 Å². The summed E-state index contributed by atoms with van der Waals surface area (Å²) in [6.45, 7) is 5.45. The fraction of sp³-hybridized carbons (Fsp3) is 0.448. The highest BCUT2D eigenvalue weighted by molar-refractivity contribution is 7.14. The molecule has 2 aliphatic heterocycles. The van der Waals surface area contributed by atoms with Crippen LogP contribution in [0, 0.1) is 5.82 Å². The molecule has 0 unspecified atom stereocenters. The molecule has 2 aliphatic rings. The van der Waals surface area contributed by atoms with Gasteiger partial charge in [0.2, 0.25) is 0 Å². The molecule has 5 heterocycles. The van der Waals surface area contributed by atoms with Crippen LogP contribution in [-0.4, -0.2) is 76.4 Å². The predicted octanol–water partition coefficient (Wildman–Crippen LogP) is 6.06. The maximum absolute atomic E-state index is 13.4. The number of aromatic nitrogens is 3. The molecule has 3 aromatic heterocycles. The molecule has 0 radical (unpaired) electrons. The van der Waals surface area contributed by atoms with Crippen molar-refractivity contribution < 1.29 is 13.2 Å². The summed E-state index contributed by atoms with van der Waals surface area (Å²) < 4.78 is 41.8. The van der Waals surface area contributed by atoms with E-state index in [-0.39, 0.29) is 18.9 Å². The Balaban J connectivity index is 1.17. The van der Waals surface area contributed by atoms with E-state index in [1.54, 1.807) is 23.5 Å². The van der Waals surface area contributed by atoms with Gasteiger partial charge in [-0.05, 0) is 74.2 Å². The maximum atomic E-state index is 13.4. The van der Waals surface area contributed by atoms with Gasteiger partial charge in [0.15, 0.2) is 5.13 Å². The molecule has 39 heavy (non-hydrogen) atoms. The molecule has 0 amide bonds. The van der Waals surface area contributed by atoms with E-state index in [1.807, 2.05) is 17.3 Å². The molecular formula is C29H33F3N6S. The van der Waals surface area contributed by atoms with Gasteiger partial charge in [-0.2, -0.15) is 0 Å². The first-order valence-corrected chi connectivity index (χ1v) is 14.5. The number of imidazole rings is 1. The fourth-order valence-electron chi connectivity index (χ4n) is 5.73. The highest BCUT2D eigenvalue weighted by atomic mass is 32.1. The quantitative estimate of drug-likeness (QED) is 0.265. The number of anilines is 2. The number of aryl methyl sites for hydroxylation is 1. The van der Waals surface area contributed by atoms with Crippen LogP contribution in [0.4, 0.5) is 24.1 Å². The third-order valence-corrected chi connectivity index (χ3v) is 8.88. The van der Waals surface area contributed by atoms with Crippen molar-refractivity contribution in [3.8, 4) is 11.3 Å². The van der Waals surface area contributed by atoms with Crippen molar-refractivity contribution in [1.29, 1.82) is 0 Å². The minimum atomic E-state index is -2.49. The van der Waals surface area contributed by atoms with Gasteiger partial charge in [-0.1, -0.05) is 13.0 Å². The lowest BCUT2D eigenvalue weighted by atomic mass is 9.90. The van der Waals surface area contributed by atoms with E-state index in [2.05, 4.69) is 39.5 Å². The lowest BCUT2D eigenvalue weighted by molar-refractivity contribution is -0.131. The van der Waals surface area contributed by atoms with Crippen molar-refractivity contribution >= 4 is 27.9 Å². The van der Waals surface area contributed by atoms with Crippen LogP contribution in [-0.2, 0) is 6.42 Å². The van der Waals surface area contributed by atoms with Gasteiger partial charge in [0.25, 0.3) is 5.92 Å². The second-order valence-corrected chi connectivity index (χ2v) is 11.5. The SMILES string of the molecule is CCc1nc2ccc(C3CCN(CCN4CC(F)(F)C4)CC3)cn2c1N(C)c1nc(-c2ccc(F)cc2)cs1. The summed E-state index contributed by atoms with van der Waals surface area (Å²) in [5.74, 6) is -1.29. The normalized spacial score (nSPS) is 18.5. The maximum Gasteiger partial charge on any atom is 0.272 e. The zero-order chi connectivity index (χ0) is 27.1. The predicted molar refractivity (Wildman–Crippen MR) is 150 cm³/mol. The molecule has 6 rings (SSSR count). The number of rotatable bonds is 8. The fourth-order valence-corrected chi connectivity index (χ4v) is 6.53. The first-order valence-electron chi connectivity index (χ1n) is 13.6. The number of pyridine rings is 1. The van der Waals surface area contributed by atoms with Crippen LogP contribution in [0.25, 0.3) is 16.9 Å². The van der Waals surface area contributed by atoms with E-state index in [1.165, 1.54) is 17.7 Å². The Bertz CT molecular complexity index is 1430. The van der Waals surface area contributed by atoms with Crippen LogP contribution >= 0.6 is 11.3 Å². The van der Waals surface area contributed by atoms with Crippen molar-refractivity contribution in [3.63, 3.8) is 0 Å². The molecule has 2 fully saturated rings. The molecule has 0 atom stereocenters. The highest BCUT2D eigenvalue weighted by Gasteiger charge is 2.43. The Hall–Kier alpha value is -2.95. The number of fused-ring (bicyclic) bond motifs is 1. The lowest BCUT2D eigenvalue weighted by Gasteiger charge is -2.40. The van der Waals surface area contributed by atoms with E-state index in [9.17, 15) is 13.2 Å². The summed E-state index contributed by atoms with van der Waals surface area (Å²) in [6.07, 6.45) is 5.13. The molecular weight excluding hydrogens is 521 g/mol. The molecule has 10 heteroatoms. The van der Waals surface area contributed by atoms with E-state index in [0.29, 0.717) is 5.92 Å². The summed E-state index contributed by atoms with van der Waals surface area (Å²) in [6, 6.07) is 10.7. The Labute approximate surface area is 230 Å². The average Bonchev–Trinajstić information content (AvgIpc) is 3.56. The van der Waals surface area contributed by atoms with Crippen molar-refractivity contribution in [1.82, 2.24) is 24.2 Å². The third-order valence-electron chi connectivity index (χ3n) is 7.96. The molecule has 0 N–H and O–H groups in total. The number of hydrogen-bond donors (Lipinski definition) is 0. The molecule has 6 nitrogen and oxygen atoms in total. The molecule has 2 saturated heterocycles. The number of alkyl halides is 2. The monoisotopic (exact) mass is 554 g/mol. The van der Waals surface area contributed by atoms with Crippen molar-refractivity contribution in [2.75, 3.05) is 51.2 Å². The Morgan fingerprint density at radius 1 is 1.00 bits per heavy atom. The first kappa shape index (κ1) is 26.3. The largest absolute Gasteiger partial charge is 0.305 e. The van der Waals surface area contributed by atoms with E-state index < -0.39 is 5.92 Å². The minimum Gasteiger partial charge on any atom is -0.305 e. The van der Waals surface area contributed by atoms with Gasteiger partial charge in [0.1, 0.15) is 17.3 Å². The van der Waals surface area contributed by atoms with Gasteiger partial charge in [-0.15, -0.1) is 11.3 Å². The van der Waals surface area contributed by atoms with Crippen LogP contribution in [0.15, 0.2) is 48.0 Å². The zero-order valence-corrected chi connectivity index (χ0v) is 23.1. The van der Waals surface area contributed by atoms with Gasteiger partial charge >= 0.3 is 0 Å². The minimum absolute atomic E-state index is 0.0978. The van der Waals surface area contributed by atoms with Crippen LogP contribution in [0.2, 0.25) is 0 Å². The highest BCUT2D eigenvalue weighted by Crippen LogP contribution is 2.35. The van der Waals surface area contributed by atoms with Crippen LogP contribution < -0.4 is 4.90 Å². The van der Waals surface area contributed by atoms with Crippen LogP contribution in [0.1, 0.15) is 36.9 Å². The summed E-state index contributed by atoms with van der Waals surface area (Å²) in [4.78, 5) is 16.1. The summed E-state index contributed by atoms with van der Waals surface area (Å²) in [7, 11) is 2.02. The molecule has 1 aromatic carbocycles. The number of thiazole rings is 1. The van der Waals surface area contributed by atoms with Crippen molar-refractivity contribution in [2.45, 2.75) is 38.0 Å². The van der Waals surface area contributed by atoms with E-state index in [4.69, 9.17) is 9.97 Å². The average molecular weight is 555 g/mol. The van der Waals surface area contributed by atoms with Crippen LogP contribution in [0.3, 0.4) is 0 Å². The van der Waals surface area contributed by atoms with Gasteiger partial charge < -0.3 is 9.80 Å². The van der Waals surface area contributed by atoms with E-state index in [0.717, 1.165) is 79.0 Å². The Morgan fingerprint density at radius 3 is 2.41 bits per heavy atom. The molecule has 206 valence electrons.